The molecule has 8 nitrogen and oxygen atoms in total. The van der Waals surface area contributed by atoms with Gasteiger partial charge in [0.25, 0.3) is 0 Å². The number of aromatic nitrogens is 2. The van der Waals surface area contributed by atoms with E-state index in [1.807, 2.05) is 11.8 Å². The summed E-state index contributed by atoms with van der Waals surface area (Å²) in [6, 6.07) is 0. The Labute approximate surface area is 123 Å². The van der Waals surface area contributed by atoms with Crippen LogP contribution in [0.25, 0.3) is 0 Å². The summed E-state index contributed by atoms with van der Waals surface area (Å²) in [5.74, 6) is 0.654. The van der Waals surface area contributed by atoms with E-state index in [4.69, 9.17) is 4.74 Å². The second-order valence-electron chi connectivity index (χ2n) is 5.02. The van der Waals surface area contributed by atoms with Gasteiger partial charge in [-0.3, -0.25) is 10.1 Å². The summed E-state index contributed by atoms with van der Waals surface area (Å²) in [7, 11) is 1.66. The fourth-order valence-corrected chi connectivity index (χ4v) is 2.46. The van der Waals surface area contributed by atoms with Crippen LogP contribution in [-0.2, 0) is 4.74 Å². The van der Waals surface area contributed by atoms with E-state index in [9.17, 15) is 10.1 Å². The number of hydrogen-bond acceptors (Lipinski definition) is 7. The number of rotatable bonds is 6. The zero-order valence-corrected chi connectivity index (χ0v) is 12.4. The molecule has 1 aliphatic rings. The molecule has 116 valence electrons. The molecule has 8 heteroatoms. The highest BCUT2D eigenvalue weighted by Crippen LogP contribution is 2.33. The Hall–Kier alpha value is -1.96. The molecule has 1 N–H and O–H groups in total. The molecule has 21 heavy (non-hydrogen) atoms. The van der Waals surface area contributed by atoms with E-state index in [1.165, 1.54) is 6.33 Å². The summed E-state index contributed by atoms with van der Waals surface area (Å²) < 4.78 is 5.37. The van der Waals surface area contributed by atoms with Gasteiger partial charge in [-0.2, -0.15) is 0 Å². The van der Waals surface area contributed by atoms with Crippen LogP contribution in [0.15, 0.2) is 6.33 Å². The van der Waals surface area contributed by atoms with Crippen molar-refractivity contribution in [1.82, 2.24) is 9.97 Å². The van der Waals surface area contributed by atoms with Crippen LogP contribution < -0.4 is 10.2 Å². The average Bonchev–Trinajstić information content (AvgIpc) is 2.52. The molecule has 2 rings (SSSR count). The van der Waals surface area contributed by atoms with Crippen LogP contribution in [0, 0.1) is 10.1 Å². The van der Waals surface area contributed by atoms with Crippen molar-refractivity contribution < 1.29 is 9.66 Å². The Morgan fingerprint density at radius 2 is 2.38 bits per heavy atom. The SMILES string of the molecule is CCCNc1ncnc(N2CCCC(OC)C2)c1[N+](=O)[O-]. The second kappa shape index (κ2) is 7.16. The molecule has 1 unspecified atom stereocenters. The number of nitrogens with one attached hydrogen (secondary N) is 1. The Bertz CT molecular complexity index is 497. The van der Waals surface area contributed by atoms with Gasteiger partial charge in [0.2, 0.25) is 11.6 Å². The van der Waals surface area contributed by atoms with Gasteiger partial charge < -0.3 is 15.0 Å². The number of methoxy groups -OCH3 is 1. The molecular formula is C13H21N5O3. The smallest absolute Gasteiger partial charge is 0.353 e. The Morgan fingerprint density at radius 3 is 3.05 bits per heavy atom. The summed E-state index contributed by atoms with van der Waals surface area (Å²) in [6.07, 6.45) is 4.22. The van der Waals surface area contributed by atoms with Crippen LogP contribution in [0.3, 0.4) is 0 Å². The van der Waals surface area contributed by atoms with Crippen LogP contribution >= 0.6 is 0 Å². The maximum Gasteiger partial charge on any atom is 0.353 e. The minimum absolute atomic E-state index is 0.0531. The van der Waals surface area contributed by atoms with Gasteiger partial charge in [0.15, 0.2) is 0 Å². The molecule has 1 aromatic heterocycles. The monoisotopic (exact) mass is 295 g/mol. The minimum atomic E-state index is -0.413. The van der Waals surface area contributed by atoms with Crippen molar-refractivity contribution >= 4 is 17.3 Å². The van der Waals surface area contributed by atoms with Crippen LogP contribution in [0.1, 0.15) is 26.2 Å². The van der Waals surface area contributed by atoms with Gasteiger partial charge in [-0.15, -0.1) is 0 Å². The zero-order valence-electron chi connectivity index (χ0n) is 12.4. The van der Waals surface area contributed by atoms with Gasteiger partial charge in [0.1, 0.15) is 6.33 Å². The number of hydrogen-bond donors (Lipinski definition) is 1. The third-order valence-corrected chi connectivity index (χ3v) is 3.54. The van der Waals surface area contributed by atoms with E-state index in [0.29, 0.717) is 18.9 Å². The van der Waals surface area contributed by atoms with Crippen molar-refractivity contribution in [2.24, 2.45) is 0 Å². The van der Waals surface area contributed by atoms with Gasteiger partial charge in [-0.25, -0.2) is 9.97 Å². The highest BCUT2D eigenvalue weighted by atomic mass is 16.6. The maximum absolute atomic E-state index is 11.4. The largest absolute Gasteiger partial charge is 0.380 e. The molecule has 0 amide bonds. The molecule has 1 aromatic rings. The van der Waals surface area contributed by atoms with Gasteiger partial charge in [0.05, 0.1) is 11.0 Å². The standard InChI is InChI=1S/C13H21N5O3/c1-3-6-14-12-11(18(19)20)13(16-9-15-12)17-7-4-5-10(8-17)21-2/h9-10H,3-8H2,1-2H3,(H,14,15,16). The summed E-state index contributed by atoms with van der Waals surface area (Å²) in [5.41, 5.74) is -0.0531. The molecule has 0 bridgehead atoms. The lowest BCUT2D eigenvalue weighted by atomic mass is 10.1. The lowest BCUT2D eigenvalue weighted by Gasteiger charge is -2.32. The van der Waals surface area contributed by atoms with Crippen LogP contribution in [-0.4, -0.2) is 47.7 Å². The number of piperidine rings is 1. The normalized spacial score (nSPS) is 18.6. The van der Waals surface area contributed by atoms with Crippen molar-refractivity contribution in [2.45, 2.75) is 32.3 Å². The van der Waals surface area contributed by atoms with E-state index in [1.54, 1.807) is 7.11 Å². The van der Waals surface area contributed by atoms with Crippen LogP contribution in [0.2, 0.25) is 0 Å². The predicted octanol–water partition coefficient (Wildman–Crippen LogP) is 1.82. The van der Waals surface area contributed by atoms with Crippen molar-refractivity contribution in [3.05, 3.63) is 16.4 Å². The molecule has 1 aliphatic heterocycles. The maximum atomic E-state index is 11.4. The Morgan fingerprint density at radius 1 is 1.57 bits per heavy atom. The number of ether oxygens (including phenoxy) is 1. The lowest BCUT2D eigenvalue weighted by Crippen LogP contribution is -2.40. The van der Waals surface area contributed by atoms with Crippen molar-refractivity contribution in [2.75, 3.05) is 37.0 Å². The molecule has 0 radical (unpaired) electrons. The third kappa shape index (κ3) is 3.57. The van der Waals surface area contributed by atoms with Crippen LogP contribution in [0.4, 0.5) is 17.3 Å². The molecule has 0 spiro atoms. The van der Waals surface area contributed by atoms with Crippen molar-refractivity contribution in [3.8, 4) is 0 Å². The first-order valence-corrected chi connectivity index (χ1v) is 7.18. The lowest BCUT2D eigenvalue weighted by molar-refractivity contribution is -0.383. The van der Waals surface area contributed by atoms with E-state index in [0.717, 1.165) is 25.8 Å². The topological polar surface area (TPSA) is 93.4 Å². The molecule has 0 aliphatic carbocycles. The van der Waals surface area contributed by atoms with E-state index in [-0.39, 0.29) is 17.6 Å². The second-order valence-corrected chi connectivity index (χ2v) is 5.02. The Balaban J connectivity index is 2.31. The minimum Gasteiger partial charge on any atom is -0.380 e. The first kappa shape index (κ1) is 15.4. The zero-order chi connectivity index (χ0) is 15.2. The highest BCUT2D eigenvalue weighted by molar-refractivity contribution is 5.70. The fraction of sp³-hybridized carbons (Fsp3) is 0.692. The highest BCUT2D eigenvalue weighted by Gasteiger charge is 2.30. The van der Waals surface area contributed by atoms with E-state index < -0.39 is 4.92 Å². The van der Waals surface area contributed by atoms with E-state index >= 15 is 0 Å². The number of anilines is 2. The van der Waals surface area contributed by atoms with Gasteiger partial charge >= 0.3 is 5.69 Å². The van der Waals surface area contributed by atoms with Gasteiger partial charge in [0, 0.05) is 26.7 Å². The summed E-state index contributed by atoms with van der Waals surface area (Å²) in [5, 5.41) is 14.4. The summed E-state index contributed by atoms with van der Waals surface area (Å²) in [6.45, 7) is 3.99. The molecule has 0 saturated carbocycles. The van der Waals surface area contributed by atoms with Gasteiger partial charge in [-0.05, 0) is 19.3 Å². The van der Waals surface area contributed by atoms with Crippen molar-refractivity contribution in [1.29, 1.82) is 0 Å². The molecule has 1 saturated heterocycles. The fourth-order valence-electron chi connectivity index (χ4n) is 2.46. The third-order valence-electron chi connectivity index (χ3n) is 3.54. The summed E-state index contributed by atoms with van der Waals surface area (Å²) in [4.78, 5) is 21.1. The first-order valence-electron chi connectivity index (χ1n) is 7.18. The number of nitrogens with zero attached hydrogens (tertiary/aromatic N) is 4. The molecular weight excluding hydrogens is 274 g/mol. The van der Waals surface area contributed by atoms with Gasteiger partial charge in [-0.1, -0.05) is 6.92 Å². The molecule has 0 aromatic carbocycles. The first-order chi connectivity index (χ1) is 10.2. The van der Waals surface area contributed by atoms with Crippen LogP contribution in [0.5, 0.6) is 0 Å². The predicted molar refractivity (Wildman–Crippen MR) is 79.7 cm³/mol. The molecule has 2 heterocycles. The Kier molecular flexibility index (Phi) is 5.26. The van der Waals surface area contributed by atoms with Crippen molar-refractivity contribution in [3.63, 3.8) is 0 Å². The van der Waals surface area contributed by atoms with E-state index in [2.05, 4.69) is 15.3 Å². The summed E-state index contributed by atoms with van der Waals surface area (Å²) >= 11 is 0. The quantitative estimate of drug-likeness (QED) is 0.632. The molecule has 1 fully saturated rings. The average molecular weight is 295 g/mol. The molecule has 1 atom stereocenters. The number of nitro groups is 1.